The lowest BCUT2D eigenvalue weighted by molar-refractivity contribution is 0.0521. The highest BCUT2D eigenvalue weighted by Crippen LogP contribution is 2.33. The molecule has 7 nitrogen and oxygen atoms in total. The molecule has 0 aliphatic heterocycles. The molecule has 0 fully saturated rings. The van der Waals surface area contributed by atoms with Crippen LogP contribution in [0.1, 0.15) is 20.9 Å². The van der Waals surface area contributed by atoms with Crippen molar-refractivity contribution in [1.82, 2.24) is 5.16 Å². The number of aromatic nitrogens is 1. The third-order valence-electron chi connectivity index (χ3n) is 2.81. The Morgan fingerprint density at radius 1 is 1.05 bits per heavy atom. The lowest BCUT2D eigenvalue weighted by Crippen LogP contribution is -2.10. The van der Waals surface area contributed by atoms with Crippen LogP contribution in [0.2, 0.25) is 0 Å². The van der Waals surface area contributed by atoms with E-state index in [1.165, 1.54) is 21.3 Å². The van der Waals surface area contributed by atoms with E-state index in [0.29, 0.717) is 11.3 Å². The summed E-state index contributed by atoms with van der Waals surface area (Å²) in [4.78, 5) is 23.6. The second-order valence-corrected chi connectivity index (χ2v) is 3.92. The van der Waals surface area contributed by atoms with Crippen LogP contribution in [0.25, 0.3) is 11.3 Å². The summed E-state index contributed by atoms with van der Waals surface area (Å²) in [6.07, 6.45) is 0. The van der Waals surface area contributed by atoms with Crippen molar-refractivity contribution in [2.75, 3.05) is 21.3 Å². The van der Waals surface area contributed by atoms with E-state index in [9.17, 15) is 9.59 Å². The maximum atomic E-state index is 11.9. The summed E-state index contributed by atoms with van der Waals surface area (Å²) in [5.74, 6) is -1.40. The monoisotopic (exact) mass is 291 g/mol. The Bertz CT molecular complexity index is 676. The molecule has 2 aromatic rings. The molecule has 0 atom stereocenters. The molecule has 0 aliphatic rings. The number of methoxy groups -OCH3 is 3. The van der Waals surface area contributed by atoms with Gasteiger partial charge in [-0.3, -0.25) is 0 Å². The van der Waals surface area contributed by atoms with Crippen molar-refractivity contribution in [3.63, 3.8) is 0 Å². The summed E-state index contributed by atoms with van der Waals surface area (Å²) in [6, 6.07) is 6.89. The van der Waals surface area contributed by atoms with Gasteiger partial charge in [-0.15, -0.1) is 0 Å². The minimum absolute atomic E-state index is 0.103. The van der Waals surface area contributed by atoms with E-state index in [2.05, 4.69) is 14.6 Å². The number of hydrogen-bond acceptors (Lipinski definition) is 7. The van der Waals surface area contributed by atoms with Crippen molar-refractivity contribution in [1.29, 1.82) is 0 Å². The fourth-order valence-electron chi connectivity index (χ4n) is 1.84. The van der Waals surface area contributed by atoms with Crippen molar-refractivity contribution in [2.24, 2.45) is 0 Å². The highest BCUT2D eigenvalue weighted by atomic mass is 16.6. The van der Waals surface area contributed by atoms with Crippen LogP contribution in [-0.4, -0.2) is 38.4 Å². The topological polar surface area (TPSA) is 87.9 Å². The Labute approximate surface area is 120 Å². The predicted octanol–water partition coefficient (Wildman–Crippen LogP) is 1.92. The van der Waals surface area contributed by atoms with Gasteiger partial charge in [0.15, 0.2) is 0 Å². The normalized spacial score (nSPS) is 10.0. The van der Waals surface area contributed by atoms with Gasteiger partial charge in [0.05, 0.1) is 21.3 Å². The number of para-hydroxylation sites is 1. The number of carbonyl (C=O) groups excluding carboxylic acids is 2. The number of benzene rings is 1. The Kier molecular flexibility index (Phi) is 4.22. The van der Waals surface area contributed by atoms with Crippen molar-refractivity contribution < 1.29 is 28.3 Å². The number of rotatable bonds is 4. The first-order valence-corrected chi connectivity index (χ1v) is 5.93. The molecule has 0 bridgehead atoms. The zero-order valence-corrected chi connectivity index (χ0v) is 11.7. The minimum atomic E-state index is -0.816. The first kappa shape index (κ1) is 14.6. The van der Waals surface area contributed by atoms with Gasteiger partial charge in [0.25, 0.3) is 5.76 Å². The maximum absolute atomic E-state index is 11.9. The average molecular weight is 291 g/mol. The summed E-state index contributed by atoms with van der Waals surface area (Å²) in [5.41, 5.74) is 0.549. The molecule has 7 heteroatoms. The molecule has 0 saturated heterocycles. The molecule has 1 heterocycles. The molecule has 1 aromatic carbocycles. The van der Waals surface area contributed by atoms with E-state index in [0.717, 1.165) is 0 Å². The lowest BCUT2D eigenvalue weighted by atomic mass is 10.0. The molecule has 110 valence electrons. The molecule has 0 spiro atoms. The van der Waals surface area contributed by atoms with Gasteiger partial charge in [0, 0.05) is 5.56 Å². The molecular weight excluding hydrogens is 278 g/mol. The largest absolute Gasteiger partial charge is 0.496 e. The van der Waals surface area contributed by atoms with Crippen LogP contribution in [0.15, 0.2) is 28.8 Å². The van der Waals surface area contributed by atoms with Crippen LogP contribution in [0.3, 0.4) is 0 Å². The zero-order valence-electron chi connectivity index (χ0n) is 11.7. The second kappa shape index (κ2) is 6.08. The van der Waals surface area contributed by atoms with Gasteiger partial charge >= 0.3 is 11.9 Å². The lowest BCUT2D eigenvalue weighted by Gasteiger charge is -2.06. The molecule has 0 amide bonds. The average Bonchev–Trinajstić information content (AvgIpc) is 2.97. The molecule has 2 rings (SSSR count). The Hall–Kier alpha value is -2.83. The fourth-order valence-corrected chi connectivity index (χ4v) is 1.84. The molecule has 1 aromatic heterocycles. The van der Waals surface area contributed by atoms with Gasteiger partial charge in [-0.25, -0.2) is 9.59 Å². The maximum Gasteiger partial charge on any atom is 0.377 e. The quantitative estimate of drug-likeness (QED) is 0.795. The predicted molar refractivity (Wildman–Crippen MR) is 71.2 cm³/mol. The van der Waals surface area contributed by atoms with Gasteiger partial charge in [0.2, 0.25) is 0 Å². The van der Waals surface area contributed by atoms with Gasteiger partial charge in [-0.2, -0.15) is 0 Å². The van der Waals surface area contributed by atoms with Crippen LogP contribution in [0.4, 0.5) is 0 Å². The van der Waals surface area contributed by atoms with Crippen molar-refractivity contribution in [2.45, 2.75) is 0 Å². The van der Waals surface area contributed by atoms with E-state index >= 15 is 0 Å². The summed E-state index contributed by atoms with van der Waals surface area (Å²) in [5, 5.41) is 3.78. The summed E-state index contributed by atoms with van der Waals surface area (Å²) in [6.45, 7) is 0. The number of nitrogens with zero attached hydrogens (tertiary/aromatic N) is 1. The standard InChI is InChI=1S/C14H13NO6/c1-18-9-7-5-4-6-8(9)11-10(13(16)19-2)12(21-15-11)14(17)20-3/h4-7H,1-3H3. The van der Waals surface area contributed by atoms with E-state index in [1.54, 1.807) is 24.3 Å². The summed E-state index contributed by atoms with van der Waals surface area (Å²) in [7, 11) is 3.86. The van der Waals surface area contributed by atoms with E-state index in [4.69, 9.17) is 9.26 Å². The number of esters is 2. The SMILES string of the molecule is COC(=O)c1onc(-c2ccccc2OC)c1C(=O)OC. The Morgan fingerprint density at radius 3 is 2.33 bits per heavy atom. The van der Waals surface area contributed by atoms with Crippen molar-refractivity contribution in [3.05, 3.63) is 35.6 Å². The molecule has 0 radical (unpaired) electrons. The first-order valence-electron chi connectivity index (χ1n) is 5.93. The molecule has 0 N–H and O–H groups in total. The first-order chi connectivity index (χ1) is 10.1. The Morgan fingerprint density at radius 2 is 1.71 bits per heavy atom. The van der Waals surface area contributed by atoms with Crippen molar-refractivity contribution in [3.8, 4) is 17.0 Å². The third-order valence-corrected chi connectivity index (χ3v) is 2.81. The number of ether oxygens (including phenoxy) is 3. The highest BCUT2D eigenvalue weighted by Gasteiger charge is 2.30. The van der Waals surface area contributed by atoms with Gasteiger partial charge < -0.3 is 18.7 Å². The Balaban J connectivity index is 2.67. The molecule has 0 aliphatic carbocycles. The molecule has 21 heavy (non-hydrogen) atoms. The molecular formula is C14H13NO6. The number of hydrogen-bond donors (Lipinski definition) is 0. The van der Waals surface area contributed by atoms with Crippen LogP contribution in [-0.2, 0) is 9.47 Å². The van der Waals surface area contributed by atoms with Crippen LogP contribution >= 0.6 is 0 Å². The van der Waals surface area contributed by atoms with Crippen molar-refractivity contribution >= 4 is 11.9 Å². The van der Waals surface area contributed by atoms with E-state index in [-0.39, 0.29) is 17.0 Å². The number of carbonyl (C=O) groups is 2. The van der Waals surface area contributed by atoms with Crippen LogP contribution in [0.5, 0.6) is 5.75 Å². The second-order valence-electron chi connectivity index (χ2n) is 3.92. The van der Waals surface area contributed by atoms with Crippen LogP contribution < -0.4 is 4.74 Å². The van der Waals surface area contributed by atoms with E-state index in [1.807, 2.05) is 0 Å². The van der Waals surface area contributed by atoms with E-state index < -0.39 is 11.9 Å². The summed E-state index contributed by atoms with van der Waals surface area (Å²) >= 11 is 0. The summed E-state index contributed by atoms with van der Waals surface area (Å²) < 4.78 is 19.4. The fraction of sp³-hybridized carbons (Fsp3) is 0.214. The minimum Gasteiger partial charge on any atom is -0.496 e. The third kappa shape index (κ3) is 2.58. The van der Waals surface area contributed by atoms with Gasteiger partial charge in [-0.1, -0.05) is 17.3 Å². The smallest absolute Gasteiger partial charge is 0.377 e. The zero-order chi connectivity index (χ0) is 15.4. The molecule has 0 saturated carbocycles. The van der Waals surface area contributed by atoms with Gasteiger partial charge in [0.1, 0.15) is 17.0 Å². The van der Waals surface area contributed by atoms with Crippen LogP contribution in [0, 0.1) is 0 Å². The van der Waals surface area contributed by atoms with Gasteiger partial charge in [-0.05, 0) is 12.1 Å². The molecule has 0 unspecified atom stereocenters. The highest BCUT2D eigenvalue weighted by molar-refractivity contribution is 6.05.